The van der Waals surface area contributed by atoms with E-state index in [1.54, 1.807) is 6.26 Å². The second-order valence-corrected chi connectivity index (χ2v) is 4.56. The highest BCUT2D eigenvalue weighted by atomic mass is 16.5. The van der Waals surface area contributed by atoms with E-state index < -0.39 is 0 Å². The van der Waals surface area contributed by atoms with Crippen LogP contribution in [0.3, 0.4) is 0 Å². The Hall–Kier alpha value is -2.02. The van der Waals surface area contributed by atoms with Crippen LogP contribution in [0.4, 0.5) is 0 Å². The fourth-order valence-electron chi connectivity index (χ4n) is 1.69. The van der Waals surface area contributed by atoms with E-state index in [4.69, 9.17) is 9.15 Å². The van der Waals surface area contributed by atoms with Gasteiger partial charge in [0.2, 0.25) is 5.91 Å². The third kappa shape index (κ3) is 8.31. The Kier molecular flexibility index (Phi) is 9.52. The molecule has 1 amide bonds. The van der Waals surface area contributed by atoms with Crippen molar-refractivity contribution < 1.29 is 13.9 Å². The fourth-order valence-corrected chi connectivity index (χ4v) is 1.69. The zero-order valence-corrected chi connectivity index (χ0v) is 13.4. The number of hydrogen-bond donors (Lipinski definition) is 3. The molecule has 124 valence electrons. The third-order valence-electron chi connectivity index (χ3n) is 2.68. The summed E-state index contributed by atoms with van der Waals surface area (Å²) in [7, 11) is 0. The molecule has 0 aliphatic carbocycles. The van der Waals surface area contributed by atoms with Crippen molar-refractivity contribution in [1.82, 2.24) is 16.0 Å². The Labute approximate surface area is 131 Å². The number of nitrogens with zero attached hydrogens (tertiary/aromatic N) is 1. The highest BCUT2D eigenvalue weighted by Crippen LogP contribution is 2.01. The van der Waals surface area contributed by atoms with Gasteiger partial charge in [0.1, 0.15) is 18.9 Å². The number of carbonyl (C=O) groups excluding carboxylic acids is 1. The summed E-state index contributed by atoms with van der Waals surface area (Å²) in [4.78, 5) is 15.6. The highest BCUT2D eigenvalue weighted by molar-refractivity contribution is 5.84. The Morgan fingerprint density at radius 1 is 1.27 bits per heavy atom. The van der Waals surface area contributed by atoms with Gasteiger partial charge in [0, 0.05) is 26.2 Å². The summed E-state index contributed by atoms with van der Waals surface area (Å²) < 4.78 is 10.7. The van der Waals surface area contributed by atoms with Crippen LogP contribution >= 0.6 is 0 Å². The number of aliphatic imine (C=N–C) groups is 1. The van der Waals surface area contributed by atoms with Crippen molar-refractivity contribution in [3.63, 3.8) is 0 Å². The van der Waals surface area contributed by atoms with Gasteiger partial charge < -0.3 is 25.1 Å². The maximum atomic E-state index is 11.4. The molecule has 7 nitrogen and oxygen atoms in total. The monoisotopic (exact) mass is 310 g/mol. The van der Waals surface area contributed by atoms with E-state index in [2.05, 4.69) is 20.9 Å². The number of likely N-dealkylation sites (N-methyl/N-ethyl adjacent to an activating group) is 1. The number of ether oxygens (including phenoxy) is 1. The molecule has 1 aromatic heterocycles. The van der Waals surface area contributed by atoms with Gasteiger partial charge in [0.15, 0.2) is 5.96 Å². The highest BCUT2D eigenvalue weighted by Gasteiger charge is 2.01. The lowest BCUT2D eigenvalue weighted by atomic mass is 10.4. The van der Waals surface area contributed by atoms with Gasteiger partial charge >= 0.3 is 0 Å². The largest absolute Gasteiger partial charge is 0.467 e. The smallest absolute Gasteiger partial charge is 0.241 e. The van der Waals surface area contributed by atoms with Crippen LogP contribution in [0.25, 0.3) is 0 Å². The molecule has 0 radical (unpaired) electrons. The maximum absolute atomic E-state index is 11.4. The van der Waals surface area contributed by atoms with Crippen molar-refractivity contribution in [1.29, 1.82) is 0 Å². The molecule has 1 rings (SSSR count). The fraction of sp³-hybridized carbons (Fsp3) is 0.600. The summed E-state index contributed by atoms with van der Waals surface area (Å²) in [6.07, 6.45) is 2.47. The molecule has 0 aromatic carbocycles. The molecular weight excluding hydrogens is 284 g/mol. The first kappa shape index (κ1) is 18.0. The van der Waals surface area contributed by atoms with E-state index in [1.165, 1.54) is 0 Å². The molecule has 0 atom stereocenters. The van der Waals surface area contributed by atoms with Crippen LogP contribution in [0.15, 0.2) is 27.8 Å². The number of rotatable bonds is 10. The van der Waals surface area contributed by atoms with Gasteiger partial charge in [-0.2, -0.15) is 0 Å². The van der Waals surface area contributed by atoms with Crippen LogP contribution in [-0.4, -0.2) is 44.7 Å². The van der Waals surface area contributed by atoms with Crippen molar-refractivity contribution in [3.05, 3.63) is 24.2 Å². The standard InChI is InChI=1S/C15H26N4O3/c1-3-16-14(20)11-19-15(17-4-2)18-8-6-9-21-12-13-7-5-10-22-13/h5,7,10H,3-4,6,8-9,11-12H2,1-2H3,(H,16,20)(H2,17,18,19). The second-order valence-electron chi connectivity index (χ2n) is 4.56. The molecular formula is C15H26N4O3. The van der Waals surface area contributed by atoms with Gasteiger partial charge in [-0.1, -0.05) is 0 Å². The van der Waals surface area contributed by atoms with E-state index in [1.807, 2.05) is 26.0 Å². The number of carbonyl (C=O) groups is 1. The predicted octanol–water partition coefficient (Wildman–Crippen LogP) is 0.878. The van der Waals surface area contributed by atoms with Crippen molar-refractivity contribution >= 4 is 11.9 Å². The molecule has 1 heterocycles. The summed E-state index contributed by atoms with van der Waals surface area (Å²) in [5.41, 5.74) is 0. The van der Waals surface area contributed by atoms with E-state index >= 15 is 0 Å². The molecule has 0 saturated heterocycles. The summed E-state index contributed by atoms with van der Waals surface area (Å²) in [5, 5.41) is 8.97. The molecule has 0 aliphatic heterocycles. The van der Waals surface area contributed by atoms with Gasteiger partial charge in [-0.25, -0.2) is 4.99 Å². The Morgan fingerprint density at radius 3 is 2.77 bits per heavy atom. The molecule has 3 N–H and O–H groups in total. The number of nitrogens with one attached hydrogen (secondary N) is 3. The summed E-state index contributed by atoms with van der Waals surface area (Å²) in [6.45, 7) is 7.18. The molecule has 0 bridgehead atoms. The predicted molar refractivity (Wildman–Crippen MR) is 85.6 cm³/mol. The molecule has 0 aliphatic rings. The van der Waals surface area contributed by atoms with Gasteiger partial charge in [-0.15, -0.1) is 0 Å². The van der Waals surface area contributed by atoms with E-state index in [0.717, 1.165) is 25.3 Å². The number of guanidine groups is 1. The topological polar surface area (TPSA) is 87.9 Å². The van der Waals surface area contributed by atoms with E-state index in [9.17, 15) is 4.79 Å². The van der Waals surface area contributed by atoms with E-state index in [0.29, 0.717) is 25.7 Å². The van der Waals surface area contributed by atoms with Crippen LogP contribution in [0.1, 0.15) is 26.0 Å². The normalized spacial score (nSPS) is 11.3. The van der Waals surface area contributed by atoms with Crippen LogP contribution in [0.2, 0.25) is 0 Å². The van der Waals surface area contributed by atoms with Crippen LogP contribution < -0.4 is 16.0 Å². The molecule has 0 fully saturated rings. The van der Waals surface area contributed by atoms with Crippen LogP contribution in [0, 0.1) is 0 Å². The van der Waals surface area contributed by atoms with Crippen LogP contribution in [-0.2, 0) is 16.1 Å². The first-order valence-electron chi connectivity index (χ1n) is 7.65. The van der Waals surface area contributed by atoms with Crippen molar-refractivity contribution in [2.45, 2.75) is 26.9 Å². The first-order chi connectivity index (χ1) is 10.8. The summed E-state index contributed by atoms with van der Waals surface area (Å²) >= 11 is 0. The number of amides is 1. The first-order valence-corrected chi connectivity index (χ1v) is 7.65. The second kappa shape index (κ2) is 11.6. The van der Waals surface area contributed by atoms with Gasteiger partial charge in [0.05, 0.1) is 6.26 Å². The van der Waals surface area contributed by atoms with E-state index in [-0.39, 0.29) is 12.5 Å². The summed E-state index contributed by atoms with van der Waals surface area (Å²) in [6, 6.07) is 3.73. The number of furan rings is 1. The maximum Gasteiger partial charge on any atom is 0.241 e. The Morgan fingerprint density at radius 2 is 2.09 bits per heavy atom. The lowest BCUT2D eigenvalue weighted by molar-refractivity contribution is -0.119. The molecule has 0 unspecified atom stereocenters. The van der Waals surface area contributed by atoms with Crippen LogP contribution in [0.5, 0.6) is 0 Å². The van der Waals surface area contributed by atoms with Crippen molar-refractivity contribution in [2.24, 2.45) is 4.99 Å². The molecule has 0 saturated carbocycles. The lowest BCUT2D eigenvalue weighted by Crippen LogP contribution is -2.39. The van der Waals surface area contributed by atoms with Gasteiger partial charge in [0.25, 0.3) is 0 Å². The third-order valence-corrected chi connectivity index (χ3v) is 2.68. The minimum Gasteiger partial charge on any atom is -0.467 e. The minimum absolute atomic E-state index is 0.0820. The number of hydrogen-bond acceptors (Lipinski definition) is 4. The van der Waals surface area contributed by atoms with Gasteiger partial charge in [-0.05, 0) is 32.4 Å². The Balaban J connectivity index is 2.14. The Bertz CT molecular complexity index is 432. The lowest BCUT2D eigenvalue weighted by Gasteiger charge is -2.11. The zero-order chi connectivity index (χ0) is 16.0. The molecule has 22 heavy (non-hydrogen) atoms. The molecule has 1 aromatic rings. The van der Waals surface area contributed by atoms with Gasteiger partial charge in [-0.3, -0.25) is 4.79 Å². The average Bonchev–Trinajstić information content (AvgIpc) is 3.01. The van der Waals surface area contributed by atoms with Crippen molar-refractivity contribution in [3.8, 4) is 0 Å². The summed E-state index contributed by atoms with van der Waals surface area (Å²) in [5.74, 6) is 1.38. The zero-order valence-electron chi connectivity index (χ0n) is 13.4. The minimum atomic E-state index is -0.0820. The molecule has 0 spiro atoms. The average molecular weight is 310 g/mol. The van der Waals surface area contributed by atoms with Crippen molar-refractivity contribution in [2.75, 3.05) is 32.8 Å². The molecule has 7 heteroatoms. The SMILES string of the molecule is CCNC(=O)CN=C(NCC)NCCCOCc1ccco1. The quantitative estimate of drug-likeness (QED) is 0.339.